The Labute approximate surface area is 70.8 Å². The standard InChI is InChI=1S/C7H13NO2S/c1-10-8-7(9)6-2-4-11-5-3-6/h6H,2-5H2,1H3,(H,8,9). The first-order chi connectivity index (χ1) is 5.34. The Balaban J connectivity index is 2.27. The predicted octanol–water partition coefficient (Wildman–Crippen LogP) is 0.807. The molecule has 0 aromatic heterocycles. The van der Waals surface area contributed by atoms with Crippen LogP contribution in [0.25, 0.3) is 0 Å². The lowest BCUT2D eigenvalue weighted by atomic mass is 10.0. The quantitative estimate of drug-likeness (QED) is 0.631. The van der Waals surface area contributed by atoms with E-state index in [1.807, 2.05) is 11.8 Å². The number of hydroxylamine groups is 1. The van der Waals surface area contributed by atoms with E-state index in [-0.39, 0.29) is 11.8 Å². The molecule has 1 heterocycles. The smallest absolute Gasteiger partial charge is 0.246 e. The van der Waals surface area contributed by atoms with Crippen molar-refractivity contribution in [2.45, 2.75) is 12.8 Å². The molecule has 1 N–H and O–H groups in total. The summed E-state index contributed by atoms with van der Waals surface area (Å²) in [5, 5.41) is 0. The van der Waals surface area contributed by atoms with E-state index in [0.717, 1.165) is 24.3 Å². The molecule has 0 aliphatic carbocycles. The molecule has 11 heavy (non-hydrogen) atoms. The lowest BCUT2D eigenvalue weighted by molar-refractivity contribution is -0.135. The second-order valence-corrected chi connectivity index (χ2v) is 3.78. The molecule has 1 fully saturated rings. The van der Waals surface area contributed by atoms with Crippen LogP contribution in [-0.4, -0.2) is 24.5 Å². The fourth-order valence-electron chi connectivity index (χ4n) is 1.14. The molecular formula is C7H13NO2S. The Kier molecular flexibility index (Phi) is 3.72. The van der Waals surface area contributed by atoms with Gasteiger partial charge >= 0.3 is 0 Å². The molecule has 64 valence electrons. The van der Waals surface area contributed by atoms with E-state index < -0.39 is 0 Å². The fourth-order valence-corrected chi connectivity index (χ4v) is 2.25. The van der Waals surface area contributed by atoms with Crippen molar-refractivity contribution in [1.82, 2.24) is 5.48 Å². The molecule has 0 aromatic rings. The zero-order chi connectivity index (χ0) is 8.10. The highest BCUT2D eigenvalue weighted by Crippen LogP contribution is 2.22. The number of nitrogens with one attached hydrogen (secondary N) is 1. The summed E-state index contributed by atoms with van der Waals surface area (Å²) < 4.78 is 0. The Morgan fingerprint density at radius 3 is 2.73 bits per heavy atom. The van der Waals surface area contributed by atoms with Crippen molar-refractivity contribution >= 4 is 17.7 Å². The van der Waals surface area contributed by atoms with Gasteiger partial charge in [-0.1, -0.05) is 0 Å². The van der Waals surface area contributed by atoms with E-state index in [1.165, 1.54) is 7.11 Å². The molecule has 1 rings (SSSR count). The van der Waals surface area contributed by atoms with Crippen LogP contribution in [0.15, 0.2) is 0 Å². The number of thioether (sulfide) groups is 1. The average Bonchev–Trinajstić information content (AvgIpc) is 2.07. The molecular weight excluding hydrogens is 162 g/mol. The van der Waals surface area contributed by atoms with Gasteiger partial charge in [-0.15, -0.1) is 0 Å². The number of hydrogen-bond donors (Lipinski definition) is 1. The Hall–Kier alpha value is -0.220. The third kappa shape index (κ3) is 2.71. The lowest BCUT2D eigenvalue weighted by Crippen LogP contribution is -2.31. The van der Waals surface area contributed by atoms with E-state index in [2.05, 4.69) is 10.3 Å². The minimum Gasteiger partial charge on any atom is -0.277 e. The van der Waals surface area contributed by atoms with Crippen molar-refractivity contribution < 1.29 is 9.63 Å². The number of carbonyl (C=O) groups excluding carboxylic acids is 1. The molecule has 1 aliphatic heterocycles. The molecule has 0 aromatic carbocycles. The molecule has 1 aliphatic rings. The molecule has 3 nitrogen and oxygen atoms in total. The Bertz CT molecular complexity index is 134. The summed E-state index contributed by atoms with van der Waals surface area (Å²) in [7, 11) is 1.47. The van der Waals surface area contributed by atoms with Gasteiger partial charge < -0.3 is 0 Å². The highest BCUT2D eigenvalue weighted by Gasteiger charge is 2.20. The molecule has 0 spiro atoms. The summed E-state index contributed by atoms with van der Waals surface area (Å²) in [6.45, 7) is 0. The van der Waals surface area contributed by atoms with E-state index in [9.17, 15) is 4.79 Å². The van der Waals surface area contributed by atoms with Crippen LogP contribution < -0.4 is 5.48 Å². The van der Waals surface area contributed by atoms with Crippen LogP contribution in [0.4, 0.5) is 0 Å². The van der Waals surface area contributed by atoms with Gasteiger partial charge in [0, 0.05) is 5.92 Å². The third-order valence-corrected chi connectivity index (χ3v) is 2.84. The first kappa shape index (κ1) is 8.87. The van der Waals surface area contributed by atoms with Crippen LogP contribution in [0.1, 0.15) is 12.8 Å². The van der Waals surface area contributed by atoms with Crippen LogP contribution in [0.2, 0.25) is 0 Å². The third-order valence-electron chi connectivity index (χ3n) is 1.79. The maximum Gasteiger partial charge on any atom is 0.246 e. The van der Waals surface area contributed by atoms with Gasteiger partial charge in [-0.05, 0) is 24.3 Å². The maximum absolute atomic E-state index is 11.2. The lowest BCUT2D eigenvalue weighted by Gasteiger charge is -2.19. The van der Waals surface area contributed by atoms with Crippen LogP contribution >= 0.6 is 11.8 Å². The van der Waals surface area contributed by atoms with Crippen molar-refractivity contribution in [3.05, 3.63) is 0 Å². The van der Waals surface area contributed by atoms with Crippen molar-refractivity contribution in [3.63, 3.8) is 0 Å². The summed E-state index contributed by atoms with van der Waals surface area (Å²) in [5.41, 5.74) is 2.37. The van der Waals surface area contributed by atoms with E-state index >= 15 is 0 Å². The van der Waals surface area contributed by atoms with Gasteiger partial charge in [0.05, 0.1) is 7.11 Å². The molecule has 0 atom stereocenters. The Morgan fingerprint density at radius 2 is 2.18 bits per heavy atom. The summed E-state index contributed by atoms with van der Waals surface area (Å²) in [4.78, 5) is 15.7. The normalized spacial score (nSPS) is 19.7. The molecule has 1 saturated heterocycles. The molecule has 1 amide bonds. The monoisotopic (exact) mass is 175 g/mol. The first-order valence-corrected chi connectivity index (χ1v) is 4.90. The van der Waals surface area contributed by atoms with Gasteiger partial charge in [0.15, 0.2) is 0 Å². The average molecular weight is 175 g/mol. The summed E-state index contributed by atoms with van der Waals surface area (Å²) in [6, 6.07) is 0. The Morgan fingerprint density at radius 1 is 1.55 bits per heavy atom. The van der Waals surface area contributed by atoms with Gasteiger partial charge in [-0.2, -0.15) is 11.8 Å². The van der Waals surface area contributed by atoms with Crippen molar-refractivity contribution in [2.24, 2.45) is 5.92 Å². The SMILES string of the molecule is CONC(=O)C1CCSCC1. The van der Waals surface area contributed by atoms with Crippen molar-refractivity contribution in [3.8, 4) is 0 Å². The minimum atomic E-state index is 0.0350. The van der Waals surface area contributed by atoms with Crippen molar-refractivity contribution in [1.29, 1.82) is 0 Å². The minimum absolute atomic E-state index is 0.0350. The number of amides is 1. The summed E-state index contributed by atoms with van der Waals surface area (Å²) in [5.74, 6) is 2.41. The van der Waals surface area contributed by atoms with E-state index in [1.54, 1.807) is 0 Å². The molecule has 0 bridgehead atoms. The molecule has 4 heteroatoms. The second-order valence-electron chi connectivity index (χ2n) is 2.56. The maximum atomic E-state index is 11.2. The predicted molar refractivity (Wildman–Crippen MR) is 45.2 cm³/mol. The largest absolute Gasteiger partial charge is 0.277 e. The van der Waals surface area contributed by atoms with Gasteiger partial charge in [0.1, 0.15) is 0 Å². The van der Waals surface area contributed by atoms with E-state index in [4.69, 9.17) is 0 Å². The van der Waals surface area contributed by atoms with Gasteiger partial charge in [0.25, 0.3) is 0 Å². The van der Waals surface area contributed by atoms with Gasteiger partial charge in [-0.3, -0.25) is 9.63 Å². The highest BCUT2D eigenvalue weighted by atomic mass is 32.2. The number of carbonyl (C=O) groups is 1. The van der Waals surface area contributed by atoms with Crippen molar-refractivity contribution in [2.75, 3.05) is 18.6 Å². The second kappa shape index (κ2) is 4.62. The summed E-state index contributed by atoms with van der Waals surface area (Å²) >= 11 is 1.91. The zero-order valence-electron chi connectivity index (χ0n) is 6.63. The number of hydrogen-bond acceptors (Lipinski definition) is 3. The summed E-state index contributed by atoms with van der Waals surface area (Å²) in [6.07, 6.45) is 1.97. The van der Waals surface area contributed by atoms with Crippen LogP contribution in [0, 0.1) is 5.92 Å². The zero-order valence-corrected chi connectivity index (χ0v) is 7.45. The van der Waals surface area contributed by atoms with Crippen LogP contribution in [-0.2, 0) is 9.63 Å². The van der Waals surface area contributed by atoms with Gasteiger partial charge in [0.2, 0.25) is 5.91 Å². The molecule has 0 radical (unpaired) electrons. The molecule has 0 saturated carbocycles. The van der Waals surface area contributed by atoms with Crippen LogP contribution in [0.5, 0.6) is 0 Å². The highest BCUT2D eigenvalue weighted by molar-refractivity contribution is 7.99. The van der Waals surface area contributed by atoms with E-state index in [0.29, 0.717) is 0 Å². The van der Waals surface area contributed by atoms with Crippen LogP contribution in [0.3, 0.4) is 0 Å². The fraction of sp³-hybridized carbons (Fsp3) is 0.857. The van der Waals surface area contributed by atoms with Gasteiger partial charge in [-0.25, -0.2) is 5.48 Å². The first-order valence-electron chi connectivity index (χ1n) is 3.75. The topological polar surface area (TPSA) is 38.3 Å². The molecule has 0 unspecified atom stereocenters. The number of rotatable bonds is 2.